The highest BCUT2D eigenvalue weighted by Gasteiger charge is 2.87. The van der Waals surface area contributed by atoms with Crippen molar-refractivity contribution >= 4 is 23.6 Å². The maximum atomic E-state index is 14.9. The Balaban J connectivity index is 1.31. The number of hydrogen-bond acceptors (Lipinski definition) is 7. The molecule has 0 N–H and O–H groups in total. The van der Waals surface area contributed by atoms with Crippen LogP contribution in [-0.4, -0.2) is 49.4 Å². The zero-order chi connectivity index (χ0) is 31.9. The Kier molecular flexibility index (Phi) is 6.34. The summed E-state index contributed by atoms with van der Waals surface area (Å²) in [5.74, 6) is -2.13. The lowest BCUT2D eigenvalue weighted by molar-refractivity contribution is -0.217. The number of benzene rings is 3. The second-order valence-corrected chi connectivity index (χ2v) is 13.5. The molecule has 1 unspecified atom stereocenters. The predicted molar refractivity (Wildman–Crippen MR) is 166 cm³/mol. The number of rotatable bonds is 8. The number of hydrogen-bond donors (Lipinski definition) is 0. The monoisotopic (exact) mass is 617 g/mol. The molecule has 0 spiro atoms. The van der Waals surface area contributed by atoms with Crippen LogP contribution in [0.2, 0.25) is 0 Å². The zero-order valence-corrected chi connectivity index (χ0v) is 25.9. The van der Waals surface area contributed by atoms with E-state index in [-0.39, 0.29) is 49.6 Å². The molecule has 2 amide bonds. The van der Waals surface area contributed by atoms with E-state index in [1.807, 2.05) is 78.9 Å². The van der Waals surface area contributed by atoms with Crippen LogP contribution in [0.5, 0.6) is 0 Å². The average Bonchev–Trinajstić information content (AvgIpc) is 3.69. The fourth-order valence-corrected chi connectivity index (χ4v) is 10.1. The van der Waals surface area contributed by atoms with E-state index < -0.39 is 33.7 Å². The number of ketones is 1. The second-order valence-electron chi connectivity index (χ2n) is 13.5. The first-order chi connectivity index (χ1) is 22.3. The molecule has 2 fully saturated rings. The van der Waals surface area contributed by atoms with Gasteiger partial charge in [0.1, 0.15) is 23.2 Å². The van der Waals surface area contributed by atoms with Gasteiger partial charge in [0, 0.05) is 13.0 Å². The third-order valence-corrected chi connectivity index (χ3v) is 11.6. The predicted octanol–water partition coefficient (Wildman–Crippen LogP) is 5.04. The van der Waals surface area contributed by atoms with Gasteiger partial charge in [-0.15, -0.1) is 0 Å². The highest BCUT2D eigenvalue weighted by molar-refractivity contribution is 6.14. The van der Waals surface area contributed by atoms with Gasteiger partial charge in [-0.2, -0.15) is 0 Å². The summed E-state index contributed by atoms with van der Waals surface area (Å²) in [6.07, 6.45) is 4.18. The quantitative estimate of drug-likeness (QED) is 0.115. The van der Waals surface area contributed by atoms with E-state index in [0.717, 1.165) is 27.8 Å². The number of allylic oxidation sites excluding steroid dienone is 2. The van der Waals surface area contributed by atoms with Crippen molar-refractivity contribution < 1.29 is 33.4 Å². The maximum absolute atomic E-state index is 14.9. The highest BCUT2D eigenvalue weighted by atomic mass is 16.7. The summed E-state index contributed by atoms with van der Waals surface area (Å²) < 4.78 is 18.4. The molecular formula is C38H35NO7. The van der Waals surface area contributed by atoms with Gasteiger partial charge >= 0.3 is 5.97 Å². The number of imide groups is 1. The first kappa shape index (κ1) is 29.0. The number of nitrogens with zero attached hydrogens (tertiary/aromatic N) is 1. The first-order valence-electron chi connectivity index (χ1n) is 15.8. The SMILES string of the molecule is COC(=O)C1(C[C@@H]2C[C@@]34C(=O)N(C)C(=O)[C@]3(C2)C2(OCOCc3ccccc3)c3ccccc3C4c3ccccc32)CC=CC1=O. The number of amides is 2. The lowest BCUT2D eigenvalue weighted by Crippen LogP contribution is -2.66. The molecule has 1 saturated heterocycles. The topological polar surface area (TPSA) is 99.2 Å². The van der Waals surface area contributed by atoms with E-state index in [1.54, 1.807) is 13.1 Å². The Morgan fingerprint density at radius 3 is 2.15 bits per heavy atom. The van der Waals surface area contributed by atoms with Crippen LogP contribution in [-0.2, 0) is 45.6 Å². The van der Waals surface area contributed by atoms with Crippen molar-refractivity contribution in [1.29, 1.82) is 0 Å². The van der Waals surface area contributed by atoms with Gasteiger partial charge in [0.25, 0.3) is 0 Å². The summed E-state index contributed by atoms with van der Waals surface area (Å²) in [4.78, 5) is 57.6. The normalized spacial score (nSPS) is 33.2. The maximum Gasteiger partial charge on any atom is 0.320 e. The molecule has 9 rings (SSSR count). The van der Waals surface area contributed by atoms with E-state index in [0.29, 0.717) is 13.0 Å². The molecule has 1 aliphatic heterocycles. The second kappa shape index (κ2) is 10.0. The van der Waals surface area contributed by atoms with Crippen LogP contribution in [0, 0.1) is 22.2 Å². The summed E-state index contributed by atoms with van der Waals surface area (Å²) in [5.41, 5.74) is -0.625. The minimum absolute atomic E-state index is 0.121. The molecule has 3 aromatic carbocycles. The lowest BCUT2D eigenvalue weighted by atomic mass is 9.40. The Bertz CT molecular complexity index is 1790. The van der Waals surface area contributed by atoms with Crippen molar-refractivity contribution in [3.63, 3.8) is 0 Å². The molecule has 2 bridgehead atoms. The van der Waals surface area contributed by atoms with Gasteiger partial charge in [0.2, 0.25) is 11.8 Å². The number of esters is 1. The van der Waals surface area contributed by atoms with Crippen LogP contribution in [0.15, 0.2) is 91.0 Å². The molecule has 3 aromatic rings. The van der Waals surface area contributed by atoms with E-state index >= 15 is 0 Å². The molecule has 8 nitrogen and oxygen atoms in total. The summed E-state index contributed by atoms with van der Waals surface area (Å²) in [6, 6.07) is 25.7. The largest absolute Gasteiger partial charge is 0.468 e. The van der Waals surface area contributed by atoms with Crippen LogP contribution < -0.4 is 0 Å². The van der Waals surface area contributed by atoms with Crippen molar-refractivity contribution in [2.45, 2.75) is 43.8 Å². The summed E-state index contributed by atoms with van der Waals surface area (Å²) in [5, 5.41) is 0. The Hall–Kier alpha value is -4.40. The minimum Gasteiger partial charge on any atom is -0.468 e. The molecule has 46 heavy (non-hydrogen) atoms. The van der Waals surface area contributed by atoms with E-state index in [2.05, 4.69) is 0 Å². The van der Waals surface area contributed by atoms with Crippen LogP contribution in [0.25, 0.3) is 0 Å². The van der Waals surface area contributed by atoms with Crippen molar-refractivity contribution in [3.8, 4) is 0 Å². The fourth-order valence-electron chi connectivity index (χ4n) is 10.1. The Morgan fingerprint density at radius 1 is 0.870 bits per heavy atom. The van der Waals surface area contributed by atoms with E-state index in [1.165, 1.54) is 18.1 Å². The summed E-state index contributed by atoms with van der Waals surface area (Å²) in [7, 11) is 2.87. The summed E-state index contributed by atoms with van der Waals surface area (Å²) >= 11 is 0. The van der Waals surface area contributed by atoms with Gasteiger partial charge in [0.05, 0.1) is 19.1 Å². The van der Waals surface area contributed by atoms with Gasteiger partial charge < -0.3 is 14.2 Å². The molecule has 1 saturated carbocycles. The molecule has 5 aliphatic carbocycles. The average molecular weight is 618 g/mol. The zero-order valence-electron chi connectivity index (χ0n) is 25.9. The van der Waals surface area contributed by atoms with Crippen LogP contribution in [0.3, 0.4) is 0 Å². The molecule has 8 heteroatoms. The van der Waals surface area contributed by atoms with Gasteiger partial charge in [-0.3, -0.25) is 24.1 Å². The molecule has 0 aromatic heterocycles. The van der Waals surface area contributed by atoms with Crippen molar-refractivity contribution in [2.24, 2.45) is 22.2 Å². The van der Waals surface area contributed by atoms with Crippen molar-refractivity contribution in [3.05, 3.63) is 119 Å². The van der Waals surface area contributed by atoms with Crippen LogP contribution in [0.4, 0.5) is 0 Å². The van der Waals surface area contributed by atoms with Gasteiger partial charge in [0.15, 0.2) is 5.78 Å². The first-order valence-corrected chi connectivity index (χ1v) is 15.8. The fraction of sp³-hybridized carbons (Fsp3) is 0.368. The van der Waals surface area contributed by atoms with E-state index in [9.17, 15) is 19.2 Å². The number of carbonyl (C=O) groups excluding carboxylic acids is 4. The van der Waals surface area contributed by atoms with Crippen LogP contribution in [0.1, 0.15) is 59.4 Å². The summed E-state index contributed by atoms with van der Waals surface area (Å²) in [6.45, 7) is 0.192. The molecule has 6 aliphatic rings. The van der Waals surface area contributed by atoms with Crippen molar-refractivity contribution in [2.75, 3.05) is 21.0 Å². The third-order valence-electron chi connectivity index (χ3n) is 11.6. The molecule has 1 heterocycles. The number of likely N-dealkylation sites (tertiary alicyclic amines) is 1. The van der Waals surface area contributed by atoms with Crippen LogP contribution >= 0.6 is 0 Å². The Morgan fingerprint density at radius 2 is 1.52 bits per heavy atom. The lowest BCUT2D eigenvalue weighted by Gasteiger charge is -2.62. The molecule has 234 valence electrons. The van der Waals surface area contributed by atoms with Gasteiger partial charge in [-0.05, 0) is 65.5 Å². The number of carbonyl (C=O) groups is 4. The number of ether oxygens (including phenoxy) is 3. The van der Waals surface area contributed by atoms with E-state index in [4.69, 9.17) is 14.2 Å². The molecule has 0 radical (unpaired) electrons. The smallest absolute Gasteiger partial charge is 0.320 e. The third kappa shape index (κ3) is 3.31. The van der Waals surface area contributed by atoms with Gasteiger partial charge in [-0.1, -0.05) is 84.9 Å². The van der Waals surface area contributed by atoms with Gasteiger partial charge in [-0.25, -0.2) is 0 Å². The Labute approximate surface area is 267 Å². The molecule has 4 atom stereocenters. The standard InChI is InChI=1S/C38H35NO7/c1-39-32(41)36-20-25(19-35(34(43)44-2)18-10-17-30(35)40)21-37(36,33(39)42)38(46-23-45-22-24-11-4-3-5-12-24)28-15-8-6-13-26(28)31(36)27-14-7-9-16-29(27)38/h3-17,25,31H,18-23H2,1-2H3/t25-,31?,35?,36-,37+,38?/m1/s1. The number of methoxy groups -OCH3 is 1. The molecular weight excluding hydrogens is 582 g/mol. The van der Waals surface area contributed by atoms with Crippen molar-refractivity contribution in [1.82, 2.24) is 4.90 Å². The minimum atomic E-state index is -1.38. The highest BCUT2D eigenvalue weighted by Crippen LogP contribution is 2.81.